The number of ether oxygens (including phenoxy) is 3. The highest BCUT2D eigenvalue weighted by Gasteiger charge is 2.32. The van der Waals surface area contributed by atoms with Crippen molar-refractivity contribution in [2.24, 2.45) is 0 Å². The van der Waals surface area contributed by atoms with Gasteiger partial charge in [0.2, 0.25) is 0 Å². The lowest BCUT2D eigenvalue weighted by atomic mass is 10.2. The molecule has 1 aromatic rings. The van der Waals surface area contributed by atoms with Crippen molar-refractivity contribution in [3.8, 4) is 5.75 Å². The Morgan fingerprint density at radius 2 is 1.95 bits per heavy atom. The minimum Gasteiger partial charge on any atom is -0.410 e. The summed E-state index contributed by atoms with van der Waals surface area (Å²) in [6.07, 6.45) is 0.150. The van der Waals surface area contributed by atoms with Gasteiger partial charge in [-0.3, -0.25) is 5.32 Å². The zero-order valence-electron chi connectivity index (χ0n) is 11.0. The molecule has 5 nitrogen and oxygen atoms in total. The van der Waals surface area contributed by atoms with Crippen LogP contribution in [-0.4, -0.2) is 18.3 Å². The van der Waals surface area contributed by atoms with Crippen LogP contribution in [0.1, 0.15) is 25.7 Å². The van der Waals surface area contributed by atoms with Crippen molar-refractivity contribution in [1.82, 2.24) is 5.32 Å². The number of benzene rings is 1. The first-order valence-corrected chi connectivity index (χ1v) is 6.11. The van der Waals surface area contributed by atoms with Gasteiger partial charge in [-0.2, -0.15) is 0 Å². The second-order valence-electron chi connectivity index (χ2n) is 4.29. The van der Waals surface area contributed by atoms with Gasteiger partial charge in [0.15, 0.2) is 6.29 Å². The second kappa shape index (κ2) is 5.86. The molecule has 2 atom stereocenters. The number of amides is 1. The predicted octanol–water partition coefficient (Wildman–Crippen LogP) is 2.74. The molecule has 2 rings (SSSR count). The maximum absolute atomic E-state index is 11.4. The van der Waals surface area contributed by atoms with Crippen LogP contribution in [-0.2, 0) is 9.47 Å². The van der Waals surface area contributed by atoms with Gasteiger partial charge in [0.1, 0.15) is 5.75 Å². The summed E-state index contributed by atoms with van der Waals surface area (Å²) in [7, 11) is 0. The SMILES string of the molecule is C=CNC(=O)Oc1ccccc1C1OC(C)C(C)O1. The van der Waals surface area contributed by atoms with Gasteiger partial charge in [-0.05, 0) is 26.1 Å². The van der Waals surface area contributed by atoms with Gasteiger partial charge < -0.3 is 14.2 Å². The Morgan fingerprint density at radius 1 is 1.32 bits per heavy atom. The van der Waals surface area contributed by atoms with Gasteiger partial charge in [-0.1, -0.05) is 24.8 Å². The van der Waals surface area contributed by atoms with Gasteiger partial charge in [0, 0.05) is 0 Å². The summed E-state index contributed by atoms with van der Waals surface area (Å²) in [6.45, 7) is 7.29. The number of rotatable bonds is 3. The van der Waals surface area contributed by atoms with Crippen LogP contribution in [0.3, 0.4) is 0 Å². The molecule has 0 spiro atoms. The fourth-order valence-electron chi connectivity index (χ4n) is 1.77. The zero-order valence-corrected chi connectivity index (χ0v) is 11.0. The molecule has 1 heterocycles. The maximum Gasteiger partial charge on any atom is 0.416 e. The predicted molar refractivity (Wildman–Crippen MR) is 69.6 cm³/mol. The first-order chi connectivity index (χ1) is 9.11. The van der Waals surface area contributed by atoms with Crippen molar-refractivity contribution in [1.29, 1.82) is 0 Å². The third-order valence-electron chi connectivity index (χ3n) is 2.93. The molecule has 1 N–H and O–H groups in total. The molecule has 0 bridgehead atoms. The molecule has 102 valence electrons. The molecule has 19 heavy (non-hydrogen) atoms. The molecule has 0 radical (unpaired) electrons. The number of hydrogen-bond donors (Lipinski definition) is 1. The summed E-state index contributed by atoms with van der Waals surface area (Å²) >= 11 is 0. The van der Waals surface area contributed by atoms with Gasteiger partial charge in [-0.15, -0.1) is 0 Å². The van der Waals surface area contributed by atoms with Gasteiger partial charge in [0.05, 0.1) is 17.8 Å². The van der Waals surface area contributed by atoms with Crippen molar-refractivity contribution in [3.63, 3.8) is 0 Å². The van der Waals surface area contributed by atoms with Gasteiger partial charge in [-0.25, -0.2) is 4.79 Å². The summed E-state index contributed by atoms with van der Waals surface area (Å²) in [5.41, 5.74) is 0.693. The molecule has 2 unspecified atom stereocenters. The van der Waals surface area contributed by atoms with E-state index in [9.17, 15) is 4.79 Å². The van der Waals surface area contributed by atoms with Crippen LogP contribution in [0.15, 0.2) is 37.0 Å². The Kier molecular flexibility index (Phi) is 4.19. The Morgan fingerprint density at radius 3 is 2.58 bits per heavy atom. The van der Waals surface area contributed by atoms with Crippen molar-refractivity contribution in [2.75, 3.05) is 0 Å². The molecule has 1 aliphatic heterocycles. The van der Waals surface area contributed by atoms with Crippen LogP contribution in [0.25, 0.3) is 0 Å². The fourth-order valence-corrected chi connectivity index (χ4v) is 1.77. The zero-order chi connectivity index (χ0) is 13.8. The number of carbonyl (C=O) groups is 1. The summed E-state index contributed by atoms with van der Waals surface area (Å²) < 4.78 is 16.6. The highest BCUT2D eigenvalue weighted by atomic mass is 16.7. The second-order valence-corrected chi connectivity index (χ2v) is 4.29. The Hall–Kier alpha value is -1.85. The van der Waals surface area contributed by atoms with E-state index in [0.717, 1.165) is 0 Å². The maximum atomic E-state index is 11.4. The Labute approximate surface area is 112 Å². The first-order valence-electron chi connectivity index (χ1n) is 6.11. The number of hydrogen-bond acceptors (Lipinski definition) is 4. The van der Waals surface area contributed by atoms with Crippen molar-refractivity contribution in [2.45, 2.75) is 32.3 Å². The summed E-state index contributed by atoms with van der Waals surface area (Å²) in [5.74, 6) is 0.410. The molecule has 1 saturated heterocycles. The third kappa shape index (κ3) is 3.13. The lowest BCUT2D eigenvalue weighted by Crippen LogP contribution is -2.22. The Balaban J connectivity index is 2.17. The van der Waals surface area contributed by atoms with Gasteiger partial charge >= 0.3 is 6.09 Å². The molecular formula is C14H17NO4. The minimum absolute atomic E-state index is 0.0000535. The van der Waals surface area contributed by atoms with Crippen LogP contribution < -0.4 is 10.1 Å². The highest BCUT2D eigenvalue weighted by Crippen LogP contribution is 2.35. The van der Waals surface area contributed by atoms with Crippen LogP contribution in [0, 0.1) is 0 Å². The van der Waals surface area contributed by atoms with Crippen molar-refractivity contribution in [3.05, 3.63) is 42.6 Å². The van der Waals surface area contributed by atoms with E-state index in [0.29, 0.717) is 11.3 Å². The minimum atomic E-state index is -0.596. The molecular weight excluding hydrogens is 246 g/mol. The molecule has 0 aliphatic carbocycles. The highest BCUT2D eigenvalue weighted by molar-refractivity contribution is 5.71. The van der Waals surface area contributed by atoms with Crippen LogP contribution >= 0.6 is 0 Å². The van der Waals surface area contributed by atoms with E-state index < -0.39 is 12.4 Å². The van der Waals surface area contributed by atoms with E-state index in [1.807, 2.05) is 26.0 Å². The molecule has 0 aromatic heterocycles. The molecule has 1 aliphatic rings. The smallest absolute Gasteiger partial charge is 0.410 e. The third-order valence-corrected chi connectivity index (χ3v) is 2.93. The van der Waals surface area contributed by atoms with Crippen LogP contribution in [0.4, 0.5) is 4.79 Å². The number of carbonyl (C=O) groups excluding carboxylic acids is 1. The average molecular weight is 263 g/mol. The van der Waals surface area contributed by atoms with Crippen LogP contribution in [0.2, 0.25) is 0 Å². The topological polar surface area (TPSA) is 56.8 Å². The quantitative estimate of drug-likeness (QED) is 0.911. The van der Waals surface area contributed by atoms with Crippen LogP contribution in [0.5, 0.6) is 5.75 Å². The largest absolute Gasteiger partial charge is 0.416 e. The molecule has 1 amide bonds. The van der Waals surface area contributed by atoms with E-state index in [2.05, 4.69) is 11.9 Å². The molecule has 1 fully saturated rings. The lowest BCUT2D eigenvalue weighted by molar-refractivity contribution is -0.0662. The average Bonchev–Trinajstić information content (AvgIpc) is 2.70. The normalized spacial score (nSPS) is 25.9. The van der Waals surface area contributed by atoms with Crippen molar-refractivity contribution >= 4 is 6.09 Å². The molecule has 5 heteroatoms. The van der Waals surface area contributed by atoms with E-state index in [-0.39, 0.29) is 12.2 Å². The molecule has 0 saturated carbocycles. The van der Waals surface area contributed by atoms with Gasteiger partial charge in [0.25, 0.3) is 0 Å². The summed E-state index contributed by atoms with van der Waals surface area (Å²) in [6, 6.07) is 7.13. The summed E-state index contributed by atoms with van der Waals surface area (Å²) in [4.78, 5) is 11.4. The van der Waals surface area contributed by atoms with E-state index in [1.165, 1.54) is 6.20 Å². The lowest BCUT2D eigenvalue weighted by Gasteiger charge is -2.14. The van der Waals surface area contributed by atoms with E-state index >= 15 is 0 Å². The van der Waals surface area contributed by atoms with E-state index in [4.69, 9.17) is 14.2 Å². The number of nitrogens with one attached hydrogen (secondary N) is 1. The Bertz CT molecular complexity index is 464. The molecule has 1 aromatic carbocycles. The first kappa shape index (κ1) is 13.6. The monoisotopic (exact) mass is 263 g/mol. The standard InChI is InChI=1S/C14H17NO4/c1-4-15-14(16)19-12-8-6-5-7-11(12)13-17-9(2)10(3)18-13/h4-10,13H,1H2,2-3H3,(H,15,16). The van der Waals surface area contributed by atoms with E-state index in [1.54, 1.807) is 12.1 Å². The fraction of sp³-hybridized carbons (Fsp3) is 0.357. The van der Waals surface area contributed by atoms with Crippen molar-refractivity contribution < 1.29 is 19.0 Å². The summed E-state index contributed by atoms with van der Waals surface area (Å²) in [5, 5.41) is 2.35. The number of para-hydroxylation sites is 1.